The number of benzene rings is 3. The van der Waals surface area contributed by atoms with Gasteiger partial charge in [-0.25, -0.2) is 13.0 Å². The van der Waals surface area contributed by atoms with Crippen LogP contribution in [0.5, 0.6) is 11.5 Å². The summed E-state index contributed by atoms with van der Waals surface area (Å²) in [6.07, 6.45) is -6.15. The van der Waals surface area contributed by atoms with Crippen molar-refractivity contribution in [3.8, 4) is 11.5 Å². The molecule has 1 N–H and O–H groups in total. The van der Waals surface area contributed by atoms with E-state index in [4.69, 9.17) is 16.3 Å². The molecule has 0 aliphatic heterocycles. The molecule has 4 rings (SSSR count). The summed E-state index contributed by atoms with van der Waals surface area (Å²) in [4.78, 5) is 9.84. The van der Waals surface area contributed by atoms with Gasteiger partial charge in [0.2, 0.25) is 0 Å². The molecule has 0 aliphatic carbocycles. The fourth-order valence-corrected chi connectivity index (χ4v) is 4.45. The lowest BCUT2D eigenvalue weighted by atomic mass is 10.1. The highest BCUT2D eigenvalue weighted by molar-refractivity contribution is 7.92. The Labute approximate surface area is 199 Å². The molecule has 0 spiro atoms. The van der Waals surface area contributed by atoms with Crippen LogP contribution >= 0.6 is 11.6 Å². The molecule has 0 radical (unpaired) electrons. The fourth-order valence-electron chi connectivity index (χ4n) is 3.08. The maximum Gasteiger partial charge on any atom is 0.393 e. The number of alkyl halides is 3. The van der Waals surface area contributed by atoms with Crippen molar-refractivity contribution in [1.82, 2.24) is 10.3 Å². The molecule has 15 heteroatoms. The summed E-state index contributed by atoms with van der Waals surface area (Å²) in [5.74, 6) is -0.487. The van der Waals surface area contributed by atoms with Crippen molar-refractivity contribution in [3.63, 3.8) is 0 Å². The zero-order chi connectivity index (χ0) is 25.4. The highest BCUT2D eigenvalue weighted by Gasteiger charge is 2.31. The van der Waals surface area contributed by atoms with E-state index in [1.807, 2.05) is 0 Å². The number of nitro groups is 1. The number of anilines is 1. The van der Waals surface area contributed by atoms with Gasteiger partial charge in [-0.05, 0) is 46.7 Å². The molecule has 0 saturated carbocycles. The molecular formula is C20H12ClF3N4O6S. The molecule has 1 heterocycles. The molecule has 0 fully saturated rings. The van der Waals surface area contributed by atoms with Gasteiger partial charge >= 0.3 is 6.18 Å². The minimum atomic E-state index is -4.66. The molecule has 0 aliphatic rings. The van der Waals surface area contributed by atoms with Crippen molar-refractivity contribution in [1.29, 1.82) is 0 Å². The van der Waals surface area contributed by atoms with Crippen LogP contribution in [0.3, 0.4) is 0 Å². The average Bonchev–Trinajstić information content (AvgIpc) is 3.25. The van der Waals surface area contributed by atoms with Gasteiger partial charge < -0.3 is 4.74 Å². The predicted octanol–water partition coefficient (Wildman–Crippen LogP) is 5.48. The van der Waals surface area contributed by atoms with Crippen molar-refractivity contribution in [2.45, 2.75) is 17.5 Å². The van der Waals surface area contributed by atoms with Crippen molar-refractivity contribution in [3.05, 3.63) is 75.3 Å². The van der Waals surface area contributed by atoms with Gasteiger partial charge in [0, 0.05) is 17.7 Å². The number of nitro benzene ring substituents is 1. The number of hydrogen-bond acceptors (Lipinski definition) is 8. The summed E-state index contributed by atoms with van der Waals surface area (Å²) in [6.45, 7) is 0. The van der Waals surface area contributed by atoms with E-state index in [0.29, 0.717) is 5.52 Å². The molecule has 0 bridgehead atoms. The van der Waals surface area contributed by atoms with Gasteiger partial charge in [0.05, 0.1) is 26.9 Å². The zero-order valence-corrected chi connectivity index (χ0v) is 18.7. The molecule has 0 amide bonds. The Morgan fingerprint density at radius 3 is 2.51 bits per heavy atom. The molecule has 4 aromatic rings. The lowest BCUT2D eigenvalue weighted by molar-refractivity contribution is -0.385. The number of non-ortho nitro benzene ring substituents is 1. The van der Waals surface area contributed by atoms with E-state index in [0.717, 1.165) is 36.4 Å². The molecule has 0 saturated heterocycles. The highest BCUT2D eigenvalue weighted by atomic mass is 35.5. The van der Waals surface area contributed by atoms with E-state index < -0.39 is 38.8 Å². The summed E-state index contributed by atoms with van der Waals surface area (Å²) >= 11 is 6.15. The second-order valence-electron chi connectivity index (χ2n) is 7.08. The lowest BCUT2D eigenvalue weighted by Crippen LogP contribution is -2.13. The second-order valence-corrected chi connectivity index (χ2v) is 9.17. The average molecular weight is 529 g/mol. The predicted molar refractivity (Wildman–Crippen MR) is 117 cm³/mol. The Kier molecular flexibility index (Phi) is 6.25. The number of ether oxygens (including phenoxy) is 1. The first-order chi connectivity index (χ1) is 16.4. The van der Waals surface area contributed by atoms with Crippen molar-refractivity contribution >= 4 is 44.0 Å². The summed E-state index contributed by atoms with van der Waals surface area (Å²) < 4.78 is 76.9. The number of fused-ring (bicyclic) bond motifs is 1. The van der Waals surface area contributed by atoms with E-state index in [9.17, 15) is 31.7 Å². The molecule has 35 heavy (non-hydrogen) atoms. The zero-order valence-electron chi connectivity index (χ0n) is 17.1. The minimum absolute atomic E-state index is 0.0999. The monoisotopic (exact) mass is 528 g/mol. The van der Waals surface area contributed by atoms with Crippen LogP contribution in [-0.2, 0) is 16.4 Å². The van der Waals surface area contributed by atoms with Gasteiger partial charge in [-0.1, -0.05) is 17.7 Å². The number of aromatic nitrogens is 2. The molecule has 10 nitrogen and oxygen atoms in total. The van der Waals surface area contributed by atoms with Crippen molar-refractivity contribution in [2.24, 2.45) is 0 Å². The van der Waals surface area contributed by atoms with Crippen LogP contribution in [0.25, 0.3) is 11.0 Å². The van der Waals surface area contributed by atoms with Gasteiger partial charge in [0.15, 0.2) is 5.52 Å². The topological polar surface area (TPSA) is 137 Å². The van der Waals surface area contributed by atoms with E-state index in [1.54, 1.807) is 6.07 Å². The number of nitrogens with zero attached hydrogens (tertiary/aromatic N) is 3. The number of sulfonamides is 1. The number of nitrogens with one attached hydrogen (secondary N) is 1. The van der Waals surface area contributed by atoms with Crippen LogP contribution in [0.1, 0.15) is 5.56 Å². The van der Waals surface area contributed by atoms with Gasteiger partial charge in [-0.2, -0.15) is 13.2 Å². The van der Waals surface area contributed by atoms with Crippen LogP contribution in [0, 0.1) is 10.1 Å². The first kappa shape index (κ1) is 24.2. The smallest absolute Gasteiger partial charge is 0.393 e. The number of rotatable bonds is 7. The quantitative estimate of drug-likeness (QED) is 0.246. The normalized spacial score (nSPS) is 12.0. The lowest BCUT2D eigenvalue weighted by Gasteiger charge is -2.14. The molecule has 1 aromatic heterocycles. The van der Waals surface area contributed by atoms with Gasteiger partial charge in [-0.15, -0.1) is 0 Å². The maximum absolute atomic E-state index is 13.0. The third kappa shape index (κ3) is 5.44. The minimum Gasteiger partial charge on any atom is -0.456 e. The Hall–Kier alpha value is -3.91. The Bertz CT molecular complexity index is 1540. The second kappa shape index (κ2) is 9.03. The number of hydrogen-bond donors (Lipinski definition) is 1. The standard InChI is InChI=1S/C20H12ClF3N4O6S/c21-14-9-13(35(31,32)27-16-3-1-2-15-19(16)26-34-25-15)5-7-18(14)33-17-6-4-12(28(29)30)8-11(17)10-20(22,23)24/h1-9,27H,10H2. The Balaban J connectivity index is 1.62. The van der Waals surface area contributed by atoms with E-state index in [2.05, 4.69) is 19.7 Å². The van der Waals surface area contributed by atoms with E-state index in [-0.39, 0.29) is 32.6 Å². The maximum atomic E-state index is 13.0. The largest absolute Gasteiger partial charge is 0.456 e. The highest BCUT2D eigenvalue weighted by Crippen LogP contribution is 2.37. The van der Waals surface area contributed by atoms with Crippen LogP contribution in [0.2, 0.25) is 5.02 Å². The van der Waals surface area contributed by atoms with Gasteiger partial charge in [0.1, 0.15) is 17.0 Å². The van der Waals surface area contributed by atoms with Crippen molar-refractivity contribution in [2.75, 3.05) is 4.72 Å². The number of halogens is 4. The Morgan fingerprint density at radius 2 is 1.83 bits per heavy atom. The third-order valence-electron chi connectivity index (χ3n) is 4.61. The van der Waals surface area contributed by atoms with Crippen LogP contribution in [-0.4, -0.2) is 29.8 Å². The molecular weight excluding hydrogens is 517 g/mol. The Morgan fingerprint density at radius 1 is 1.09 bits per heavy atom. The summed E-state index contributed by atoms with van der Waals surface area (Å²) in [5.41, 5.74) is -0.437. The summed E-state index contributed by atoms with van der Waals surface area (Å²) in [6, 6.07) is 10.6. The van der Waals surface area contributed by atoms with Gasteiger partial charge in [0.25, 0.3) is 15.7 Å². The van der Waals surface area contributed by atoms with Crippen LogP contribution in [0.15, 0.2) is 64.1 Å². The van der Waals surface area contributed by atoms with E-state index in [1.165, 1.54) is 12.1 Å². The first-order valence-corrected chi connectivity index (χ1v) is 11.3. The summed E-state index contributed by atoms with van der Waals surface area (Å²) in [5, 5.41) is 18.0. The molecule has 0 unspecified atom stereocenters. The third-order valence-corrected chi connectivity index (χ3v) is 6.27. The van der Waals surface area contributed by atoms with Crippen LogP contribution in [0.4, 0.5) is 24.5 Å². The van der Waals surface area contributed by atoms with Gasteiger partial charge in [-0.3, -0.25) is 14.8 Å². The molecule has 0 atom stereocenters. The van der Waals surface area contributed by atoms with Crippen molar-refractivity contribution < 1.29 is 35.9 Å². The first-order valence-electron chi connectivity index (χ1n) is 9.48. The summed E-state index contributed by atoms with van der Waals surface area (Å²) in [7, 11) is -4.17. The molecule has 3 aromatic carbocycles. The van der Waals surface area contributed by atoms with E-state index >= 15 is 0 Å². The molecule has 182 valence electrons. The fraction of sp³-hybridized carbons (Fsp3) is 0.100. The van der Waals surface area contributed by atoms with Crippen LogP contribution < -0.4 is 9.46 Å². The SMILES string of the molecule is O=[N+]([O-])c1ccc(Oc2ccc(S(=O)(=O)Nc3cccc4nonc34)cc2Cl)c(CC(F)(F)F)c1.